The number of esters is 3. The molecule has 0 aliphatic heterocycles. The Morgan fingerprint density at radius 1 is 0.260 bits per heavy atom. The van der Waals surface area contributed by atoms with Gasteiger partial charge in [-0.3, -0.25) is 14.4 Å². The summed E-state index contributed by atoms with van der Waals surface area (Å²) in [5, 5.41) is 0. The molecule has 0 rings (SSSR count). The van der Waals surface area contributed by atoms with Crippen molar-refractivity contribution in [3.05, 3.63) is 170 Å². The maximum Gasteiger partial charge on any atom is 0.306 e. The van der Waals surface area contributed by atoms with E-state index < -0.39 is 6.10 Å². The van der Waals surface area contributed by atoms with Gasteiger partial charge in [-0.05, 0) is 141 Å². The molecule has 0 aromatic heterocycles. The van der Waals surface area contributed by atoms with Gasteiger partial charge in [0.15, 0.2) is 6.10 Å². The summed E-state index contributed by atoms with van der Waals surface area (Å²) in [4.78, 5) is 38.3. The van der Waals surface area contributed by atoms with E-state index in [0.717, 1.165) is 154 Å². The first-order valence-corrected chi connectivity index (χ1v) is 30.6. The molecule has 0 saturated carbocycles. The van der Waals surface area contributed by atoms with Crippen molar-refractivity contribution in [1.82, 2.24) is 0 Å². The quantitative estimate of drug-likeness (QED) is 0.0261. The van der Waals surface area contributed by atoms with Crippen LogP contribution in [-0.4, -0.2) is 37.2 Å². The first-order chi connectivity index (χ1) is 38.0. The van der Waals surface area contributed by atoms with Crippen LogP contribution in [0.15, 0.2) is 170 Å². The van der Waals surface area contributed by atoms with Crippen LogP contribution in [0.1, 0.15) is 239 Å². The molecule has 0 heterocycles. The number of hydrogen-bond donors (Lipinski definition) is 0. The van der Waals surface area contributed by atoms with Crippen molar-refractivity contribution in [2.45, 2.75) is 245 Å². The van der Waals surface area contributed by atoms with Gasteiger partial charge in [-0.15, -0.1) is 0 Å². The first kappa shape index (κ1) is 71.8. The van der Waals surface area contributed by atoms with Crippen LogP contribution in [0.5, 0.6) is 0 Å². The highest BCUT2D eigenvalue weighted by Gasteiger charge is 2.19. The molecule has 1 unspecified atom stereocenters. The summed E-state index contributed by atoms with van der Waals surface area (Å²) >= 11 is 0. The number of unbranched alkanes of at least 4 members (excludes halogenated alkanes) is 14. The zero-order valence-electron chi connectivity index (χ0n) is 49.1. The molecular weight excluding hydrogens is 949 g/mol. The van der Waals surface area contributed by atoms with Gasteiger partial charge in [-0.25, -0.2) is 0 Å². The van der Waals surface area contributed by atoms with Gasteiger partial charge in [0.2, 0.25) is 0 Å². The summed E-state index contributed by atoms with van der Waals surface area (Å²) in [7, 11) is 0. The molecule has 0 N–H and O–H groups in total. The van der Waals surface area contributed by atoms with Crippen LogP contribution in [0.4, 0.5) is 0 Å². The summed E-state index contributed by atoms with van der Waals surface area (Å²) in [6, 6.07) is 0. The predicted molar refractivity (Wildman–Crippen MR) is 334 cm³/mol. The van der Waals surface area contributed by atoms with Crippen molar-refractivity contribution < 1.29 is 28.6 Å². The van der Waals surface area contributed by atoms with Gasteiger partial charge in [0.25, 0.3) is 0 Å². The van der Waals surface area contributed by atoms with Gasteiger partial charge in [0.1, 0.15) is 13.2 Å². The fourth-order valence-electron chi connectivity index (χ4n) is 7.73. The molecule has 0 saturated heterocycles. The topological polar surface area (TPSA) is 78.9 Å². The Bertz CT molecular complexity index is 1790. The number of allylic oxidation sites excluding steroid dienone is 28. The minimum Gasteiger partial charge on any atom is -0.462 e. The lowest BCUT2D eigenvalue weighted by molar-refractivity contribution is -0.167. The maximum atomic E-state index is 12.9. The molecule has 0 aromatic carbocycles. The first-order valence-electron chi connectivity index (χ1n) is 30.6. The lowest BCUT2D eigenvalue weighted by atomic mass is 10.1. The molecule has 0 radical (unpaired) electrons. The highest BCUT2D eigenvalue weighted by atomic mass is 16.6. The highest BCUT2D eigenvalue weighted by molar-refractivity contribution is 5.71. The van der Waals surface area contributed by atoms with E-state index in [9.17, 15) is 14.4 Å². The predicted octanol–water partition coefficient (Wildman–Crippen LogP) is 21.1. The average molecular weight is 1060 g/mol. The number of hydrogen-bond acceptors (Lipinski definition) is 6. The molecular formula is C71H110O6. The molecule has 0 amide bonds. The number of carbonyl (C=O) groups is 3. The molecule has 0 fully saturated rings. The standard InChI is InChI=1S/C71H110O6/c1-4-7-10-13-16-19-22-25-28-31-32-33-34-35-36-37-38-41-43-46-49-52-55-58-61-64-70(73)76-67-68(77-71(74)65-62-59-56-53-50-47-44-40-30-27-24-21-18-15-12-9-6-3)66-75-69(72)63-60-57-54-51-48-45-42-39-29-26-23-20-17-14-11-8-5-2/h7-12,16-21,25-30,32-33,35-36,42,44-45,47,53,56,68H,4-6,13-15,22-24,31,34,37-41,43,46,48-52,54-55,57-67H2,1-3H3/b10-7-,11-8-,12-9-,19-16-,20-17-,21-18-,28-25-,29-26-,30-27-,33-32-,36-35-,45-42-,47-44-,56-53-. The van der Waals surface area contributed by atoms with Crippen molar-refractivity contribution in [2.75, 3.05) is 13.2 Å². The molecule has 0 aliphatic carbocycles. The van der Waals surface area contributed by atoms with E-state index in [1.54, 1.807) is 0 Å². The fourth-order valence-corrected chi connectivity index (χ4v) is 7.73. The summed E-state index contributed by atoms with van der Waals surface area (Å²) in [5.41, 5.74) is 0. The molecule has 6 nitrogen and oxygen atoms in total. The van der Waals surface area contributed by atoms with E-state index in [-0.39, 0.29) is 37.5 Å². The molecule has 1 atom stereocenters. The lowest BCUT2D eigenvalue weighted by Crippen LogP contribution is -2.30. The van der Waals surface area contributed by atoms with Crippen LogP contribution in [0.25, 0.3) is 0 Å². The third-order valence-electron chi connectivity index (χ3n) is 12.2. The van der Waals surface area contributed by atoms with Gasteiger partial charge in [0.05, 0.1) is 0 Å². The maximum absolute atomic E-state index is 12.9. The van der Waals surface area contributed by atoms with Crippen molar-refractivity contribution in [2.24, 2.45) is 0 Å². The summed E-state index contributed by atoms with van der Waals surface area (Å²) in [6.07, 6.45) is 93.5. The second-order valence-electron chi connectivity index (χ2n) is 19.5. The number of ether oxygens (including phenoxy) is 3. The SMILES string of the molecule is CC/C=C\C/C=C\C/C=C\C/C=C\C/C=C\CCCCCCCCCCCC(=O)OCC(COC(=O)CCCCCC/C=C\C/C=C\C/C=C\C/C=C\CC)OC(=O)CCC/C=C\C/C=C\C/C=C\C/C=C\C/C=C\CC. The Morgan fingerprint density at radius 2 is 0.481 bits per heavy atom. The van der Waals surface area contributed by atoms with E-state index in [1.807, 2.05) is 0 Å². The summed E-state index contributed by atoms with van der Waals surface area (Å²) in [5.74, 6) is -1.02. The van der Waals surface area contributed by atoms with Gasteiger partial charge in [-0.1, -0.05) is 249 Å². The second-order valence-corrected chi connectivity index (χ2v) is 19.5. The van der Waals surface area contributed by atoms with Crippen LogP contribution in [0.2, 0.25) is 0 Å². The lowest BCUT2D eigenvalue weighted by Gasteiger charge is -2.18. The molecule has 6 heteroatoms. The van der Waals surface area contributed by atoms with Crippen molar-refractivity contribution in [3.8, 4) is 0 Å². The monoisotopic (exact) mass is 1060 g/mol. The largest absolute Gasteiger partial charge is 0.462 e. The Morgan fingerprint density at radius 3 is 0.766 bits per heavy atom. The molecule has 77 heavy (non-hydrogen) atoms. The highest BCUT2D eigenvalue weighted by Crippen LogP contribution is 2.14. The van der Waals surface area contributed by atoms with E-state index >= 15 is 0 Å². The van der Waals surface area contributed by atoms with Crippen LogP contribution >= 0.6 is 0 Å². The van der Waals surface area contributed by atoms with Gasteiger partial charge in [0, 0.05) is 19.3 Å². The Kier molecular flexibility index (Phi) is 59.0. The van der Waals surface area contributed by atoms with Crippen molar-refractivity contribution in [1.29, 1.82) is 0 Å². The second kappa shape index (κ2) is 63.3. The minimum absolute atomic E-state index is 0.120. The Labute approximate surface area is 472 Å². The summed E-state index contributed by atoms with van der Waals surface area (Å²) in [6.45, 7) is 6.21. The van der Waals surface area contributed by atoms with Crippen molar-refractivity contribution >= 4 is 17.9 Å². The molecule has 430 valence electrons. The van der Waals surface area contributed by atoms with Crippen LogP contribution in [0, 0.1) is 0 Å². The number of carbonyl (C=O) groups excluding carboxylic acids is 3. The fraction of sp³-hybridized carbons (Fsp3) is 0.563. The van der Waals surface area contributed by atoms with E-state index in [2.05, 4.69) is 191 Å². The van der Waals surface area contributed by atoms with Gasteiger partial charge >= 0.3 is 17.9 Å². The zero-order chi connectivity index (χ0) is 55.7. The van der Waals surface area contributed by atoms with Gasteiger partial charge in [-0.2, -0.15) is 0 Å². The van der Waals surface area contributed by atoms with Gasteiger partial charge < -0.3 is 14.2 Å². The van der Waals surface area contributed by atoms with E-state index in [1.165, 1.54) is 38.5 Å². The van der Waals surface area contributed by atoms with Crippen molar-refractivity contribution in [3.63, 3.8) is 0 Å². The average Bonchev–Trinajstić information content (AvgIpc) is 3.43. The Hall–Kier alpha value is -5.23. The molecule has 0 aliphatic rings. The van der Waals surface area contributed by atoms with Crippen LogP contribution < -0.4 is 0 Å². The number of rotatable bonds is 53. The molecule has 0 bridgehead atoms. The van der Waals surface area contributed by atoms with E-state index in [0.29, 0.717) is 19.3 Å². The van der Waals surface area contributed by atoms with Crippen LogP contribution in [0.3, 0.4) is 0 Å². The molecule has 0 spiro atoms. The third-order valence-corrected chi connectivity index (χ3v) is 12.2. The van der Waals surface area contributed by atoms with Crippen LogP contribution in [-0.2, 0) is 28.6 Å². The zero-order valence-corrected chi connectivity index (χ0v) is 49.1. The summed E-state index contributed by atoms with van der Waals surface area (Å²) < 4.78 is 16.8. The Balaban J connectivity index is 4.50. The minimum atomic E-state index is -0.831. The smallest absolute Gasteiger partial charge is 0.306 e. The van der Waals surface area contributed by atoms with E-state index in [4.69, 9.17) is 14.2 Å². The molecule has 0 aromatic rings. The third kappa shape index (κ3) is 61.5. The normalized spacial score (nSPS) is 13.3.